The third-order valence-corrected chi connectivity index (χ3v) is 4.67. The summed E-state index contributed by atoms with van der Waals surface area (Å²) < 4.78 is 5.41. The first-order chi connectivity index (χ1) is 12.1. The molecule has 0 heterocycles. The summed E-state index contributed by atoms with van der Waals surface area (Å²) in [5.41, 5.74) is 0. The number of hydrogen-bond donors (Lipinski definition) is 1. The maximum absolute atomic E-state index is 12.3. The highest BCUT2D eigenvalue weighted by Gasteiger charge is 2.19. The molecule has 1 atom stereocenters. The van der Waals surface area contributed by atoms with E-state index in [9.17, 15) is 9.59 Å². The number of carboxylic acids is 1. The Morgan fingerprint density at radius 3 is 1.84 bits per heavy atom. The number of carbonyl (C=O) groups excluding carboxylic acids is 1. The minimum atomic E-state index is -0.789. The summed E-state index contributed by atoms with van der Waals surface area (Å²) in [4.78, 5) is 22.8. The number of aliphatic carboxylic acids is 1. The van der Waals surface area contributed by atoms with Gasteiger partial charge >= 0.3 is 11.9 Å². The van der Waals surface area contributed by atoms with Gasteiger partial charge in [0.2, 0.25) is 0 Å². The van der Waals surface area contributed by atoms with Crippen LogP contribution < -0.4 is 0 Å². The largest absolute Gasteiger partial charge is 0.481 e. The van der Waals surface area contributed by atoms with Gasteiger partial charge in [-0.05, 0) is 25.7 Å². The van der Waals surface area contributed by atoms with Gasteiger partial charge in [-0.15, -0.1) is 0 Å². The van der Waals surface area contributed by atoms with Crippen LogP contribution in [0.4, 0.5) is 0 Å². The topological polar surface area (TPSA) is 63.6 Å². The minimum Gasteiger partial charge on any atom is -0.481 e. The Hall–Kier alpha value is -1.06. The lowest BCUT2D eigenvalue weighted by Crippen LogP contribution is -2.19. The normalized spacial score (nSPS) is 12.1. The Kier molecular flexibility index (Phi) is 17.0. The van der Waals surface area contributed by atoms with Crippen LogP contribution in [0.1, 0.15) is 110 Å². The monoisotopic (exact) mass is 356 g/mol. The van der Waals surface area contributed by atoms with Crippen LogP contribution >= 0.6 is 0 Å². The van der Waals surface area contributed by atoms with E-state index in [1.807, 2.05) is 0 Å². The fourth-order valence-electron chi connectivity index (χ4n) is 3.04. The Labute approximate surface area is 154 Å². The maximum Gasteiger partial charge on any atom is 0.308 e. The molecule has 0 saturated carbocycles. The van der Waals surface area contributed by atoms with Crippen molar-refractivity contribution in [3.05, 3.63) is 0 Å². The second-order valence-corrected chi connectivity index (χ2v) is 7.12. The van der Waals surface area contributed by atoms with Crippen LogP contribution in [-0.4, -0.2) is 23.7 Å². The molecule has 0 bridgehead atoms. The molecule has 4 nitrogen and oxygen atoms in total. The van der Waals surface area contributed by atoms with Crippen molar-refractivity contribution in [1.29, 1.82) is 0 Å². The molecule has 0 fully saturated rings. The van der Waals surface area contributed by atoms with E-state index in [0.717, 1.165) is 25.7 Å². The number of hydrogen-bond acceptors (Lipinski definition) is 3. The van der Waals surface area contributed by atoms with Crippen LogP contribution in [0.5, 0.6) is 0 Å². The summed E-state index contributed by atoms with van der Waals surface area (Å²) in [7, 11) is 0. The molecular weight excluding hydrogens is 316 g/mol. The zero-order chi connectivity index (χ0) is 18.8. The quantitative estimate of drug-likeness (QED) is 0.237. The molecule has 0 aromatic rings. The predicted molar refractivity (Wildman–Crippen MR) is 103 cm³/mol. The smallest absolute Gasteiger partial charge is 0.308 e. The van der Waals surface area contributed by atoms with Crippen molar-refractivity contribution in [2.24, 2.45) is 5.92 Å². The number of esters is 1. The second-order valence-electron chi connectivity index (χ2n) is 7.12. The van der Waals surface area contributed by atoms with Crippen molar-refractivity contribution in [3.63, 3.8) is 0 Å². The van der Waals surface area contributed by atoms with Crippen molar-refractivity contribution in [2.45, 2.75) is 110 Å². The van der Waals surface area contributed by atoms with Gasteiger partial charge in [-0.2, -0.15) is 0 Å². The molecule has 0 rings (SSSR count). The molecule has 0 aliphatic rings. The van der Waals surface area contributed by atoms with Crippen LogP contribution in [0.2, 0.25) is 0 Å². The summed E-state index contributed by atoms with van der Waals surface area (Å²) in [5.74, 6) is -0.828. The van der Waals surface area contributed by atoms with Gasteiger partial charge in [-0.3, -0.25) is 9.59 Å². The highest BCUT2D eigenvalue weighted by molar-refractivity contribution is 5.72. The summed E-state index contributed by atoms with van der Waals surface area (Å²) >= 11 is 0. The van der Waals surface area contributed by atoms with E-state index in [4.69, 9.17) is 9.84 Å². The molecule has 0 saturated heterocycles. The first-order valence-corrected chi connectivity index (χ1v) is 10.5. The standard InChI is InChI=1S/C21H40O4/c1-3-5-7-9-10-12-16-19(15-11-8-6-4-2)21(24)25-18-14-13-17-20(22)23/h19H,3-18H2,1-2H3,(H,22,23). The van der Waals surface area contributed by atoms with E-state index < -0.39 is 5.97 Å². The predicted octanol–water partition coefficient (Wildman–Crippen LogP) is 6.12. The van der Waals surface area contributed by atoms with E-state index >= 15 is 0 Å². The van der Waals surface area contributed by atoms with Gasteiger partial charge < -0.3 is 9.84 Å². The van der Waals surface area contributed by atoms with Gasteiger partial charge in [0.05, 0.1) is 12.5 Å². The average molecular weight is 357 g/mol. The minimum absolute atomic E-state index is 0.0301. The molecule has 0 spiro atoms. The van der Waals surface area contributed by atoms with Gasteiger partial charge in [0.15, 0.2) is 0 Å². The van der Waals surface area contributed by atoms with E-state index in [1.54, 1.807) is 0 Å². The average Bonchev–Trinajstić information content (AvgIpc) is 2.59. The molecule has 1 unspecified atom stereocenters. The molecule has 1 N–H and O–H groups in total. The van der Waals surface area contributed by atoms with Gasteiger partial charge in [0, 0.05) is 6.42 Å². The number of ether oxygens (including phenoxy) is 1. The van der Waals surface area contributed by atoms with Crippen molar-refractivity contribution < 1.29 is 19.4 Å². The van der Waals surface area contributed by atoms with Crippen LogP contribution in [0, 0.1) is 5.92 Å². The van der Waals surface area contributed by atoms with Gasteiger partial charge in [0.25, 0.3) is 0 Å². The summed E-state index contributed by atoms with van der Waals surface area (Å²) in [6.07, 6.45) is 15.4. The number of carbonyl (C=O) groups is 2. The molecule has 0 aromatic heterocycles. The third kappa shape index (κ3) is 16.2. The number of carboxylic acid groups (broad SMARTS) is 1. The van der Waals surface area contributed by atoms with Crippen molar-refractivity contribution in [1.82, 2.24) is 0 Å². The maximum atomic E-state index is 12.3. The Balaban J connectivity index is 4.03. The zero-order valence-electron chi connectivity index (χ0n) is 16.6. The first kappa shape index (κ1) is 23.9. The third-order valence-electron chi connectivity index (χ3n) is 4.67. The molecular formula is C21H40O4. The Morgan fingerprint density at radius 1 is 0.760 bits per heavy atom. The molecule has 0 aliphatic carbocycles. The molecule has 4 heteroatoms. The van der Waals surface area contributed by atoms with E-state index in [2.05, 4.69) is 13.8 Å². The Morgan fingerprint density at radius 2 is 1.28 bits per heavy atom. The Bertz CT molecular complexity index is 328. The van der Waals surface area contributed by atoms with E-state index in [1.165, 1.54) is 51.4 Å². The summed E-state index contributed by atoms with van der Waals surface area (Å²) in [6, 6.07) is 0. The number of unbranched alkanes of at least 4 members (excludes halogenated alkanes) is 9. The lowest BCUT2D eigenvalue weighted by molar-refractivity contribution is -0.149. The van der Waals surface area contributed by atoms with Crippen LogP contribution in [0.3, 0.4) is 0 Å². The summed E-state index contributed by atoms with van der Waals surface area (Å²) in [5, 5.41) is 8.62. The lowest BCUT2D eigenvalue weighted by atomic mass is 9.94. The van der Waals surface area contributed by atoms with E-state index in [-0.39, 0.29) is 18.3 Å². The van der Waals surface area contributed by atoms with Crippen molar-refractivity contribution in [3.8, 4) is 0 Å². The zero-order valence-corrected chi connectivity index (χ0v) is 16.6. The van der Waals surface area contributed by atoms with E-state index in [0.29, 0.717) is 19.4 Å². The summed E-state index contributed by atoms with van der Waals surface area (Å²) in [6.45, 7) is 4.77. The van der Waals surface area contributed by atoms with Crippen molar-refractivity contribution in [2.75, 3.05) is 6.61 Å². The molecule has 0 amide bonds. The van der Waals surface area contributed by atoms with Gasteiger partial charge in [-0.25, -0.2) is 0 Å². The van der Waals surface area contributed by atoms with Crippen LogP contribution in [-0.2, 0) is 14.3 Å². The van der Waals surface area contributed by atoms with Gasteiger partial charge in [0.1, 0.15) is 0 Å². The molecule has 0 aromatic carbocycles. The van der Waals surface area contributed by atoms with Gasteiger partial charge in [-0.1, -0.05) is 78.1 Å². The van der Waals surface area contributed by atoms with Crippen LogP contribution in [0.25, 0.3) is 0 Å². The first-order valence-electron chi connectivity index (χ1n) is 10.5. The van der Waals surface area contributed by atoms with Crippen LogP contribution in [0.15, 0.2) is 0 Å². The fraction of sp³-hybridized carbons (Fsp3) is 0.905. The SMILES string of the molecule is CCCCCCCCC(CCCCCC)C(=O)OCCCCC(=O)O. The fourth-order valence-corrected chi connectivity index (χ4v) is 3.04. The number of rotatable bonds is 18. The lowest BCUT2D eigenvalue weighted by Gasteiger charge is -2.16. The molecule has 0 aliphatic heterocycles. The highest BCUT2D eigenvalue weighted by Crippen LogP contribution is 2.20. The molecule has 148 valence electrons. The molecule has 25 heavy (non-hydrogen) atoms. The highest BCUT2D eigenvalue weighted by atomic mass is 16.5. The second kappa shape index (κ2) is 17.8. The molecule has 0 radical (unpaired) electrons. The van der Waals surface area contributed by atoms with Crippen molar-refractivity contribution >= 4 is 11.9 Å².